The molecule has 0 saturated carbocycles. The maximum absolute atomic E-state index is 13.1. The van der Waals surface area contributed by atoms with Crippen molar-refractivity contribution in [1.82, 2.24) is 14.5 Å². The third-order valence-electron chi connectivity index (χ3n) is 5.93. The molecule has 0 radical (unpaired) electrons. The molecule has 1 N–H and O–H groups in total. The highest BCUT2D eigenvalue weighted by Gasteiger charge is 2.18. The van der Waals surface area contributed by atoms with Gasteiger partial charge in [0.25, 0.3) is 15.6 Å². The highest BCUT2D eigenvalue weighted by atomic mass is 35.5. The zero-order chi connectivity index (χ0) is 27.0. The topological polar surface area (TPSA) is 103 Å². The highest BCUT2D eigenvalue weighted by molar-refractivity contribution is 7.92. The summed E-state index contributed by atoms with van der Waals surface area (Å²) in [4.78, 5) is 20.2. The Labute approximate surface area is 222 Å². The lowest BCUT2D eigenvalue weighted by molar-refractivity contribution is 0.413. The van der Waals surface area contributed by atoms with E-state index in [1.807, 2.05) is 37.3 Å². The summed E-state index contributed by atoms with van der Waals surface area (Å²) < 4.78 is 48.2. The van der Waals surface area contributed by atoms with Gasteiger partial charge in [0.1, 0.15) is 5.75 Å². The quantitative estimate of drug-likeness (QED) is 0.305. The van der Waals surface area contributed by atoms with E-state index < -0.39 is 15.8 Å². The lowest BCUT2D eigenvalue weighted by Gasteiger charge is -2.16. The van der Waals surface area contributed by atoms with E-state index >= 15 is 0 Å². The molecule has 2 aromatic heterocycles. The molecule has 0 amide bonds. The number of methoxy groups -OCH3 is 1. The van der Waals surface area contributed by atoms with E-state index in [-0.39, 0.29) is 16.4 Å². The summed E-state index contributed by atoms with van der Waals surface area (Å²) in [5, 5.41) is 1.16. The first-order valence-electron chi connectivity index (χ1n) is 11.3. The number of aromatic nitrogens is 3. The van der Waals surface area contributed by atoms with Gasteiger partial charge in [0.05, 0.1) is 35.6 Å². The van der Waals surface area contributed by atoms with E-state index in [2.05, 4.69) is 14.7 Å². The number of halogens is 2. The van der Waals surface area contributed by atoms with Crippen LogP contribution in [0.15, 0.2) is 88.8 Å². The lowest BCUT2D eigenvalue weighted by atomic mass is 10.0. The van der Waals surface area contributed by atoms with E-state index in [0.29, 0.717) is 27.4 Å². The first-order chi connectivity index (χ1) is 18.2. The smallest absolute Gasteiger partial charge is 0.264 e. The van der Waals surface area contributed by atoms with E-state index in [0.717, 1.165) is 29.1 Å². The number of nitrogens with zero attached hydrogens (tertiary/aromatic N) is 3. The predicted octanol–water partition coefficient (Wildman–Crippen LogP) is 5.36. The molecule has 0 unspecified atom stereocenters. The summed E-state index contributed by atoms with van der Waals surface area (Å²) >= 11 is 6.17. The predicted molar refractivity (Wildman–Crippen MR) is 144 cm³/mol. The third kappa shape index (κ3) is 4.83. The Bertz CT molecular complexity index is 1860. The fourth-order valence-electron chi connectivity index (χ4n) is 4.05. The van der Waals surface area contributed by atoms with Crippen LogP contribution in [0.1, 0.15) is 5.56 Å². The number of nitrogens with one attached hydrogen (secondary N) is 1. The number of aryl methyl sites for hydroxylation is 1. The van der Waals surface area contributed by atoms with Crippen molar-refractivity contribution in [3.8, 4) is 22.6 Å². The SMILES string of the molecule is COc1cc(-c2ccc(Cl)c(C)c2)ccc1-n1c(=O)ccc2cc(S(=O)(=O)Nc3ncc(F)cn3)ccc21. The molecule has 3 aromatic carbocycles. The standard InChI is InChI=1S/C27H20ClFN4O4S/c1-16-11-17(3-7-22(16)28)18-4-8-24(25(13-18)37-2)33-23-9-6-21(12-19(23)5-10-26(33)34)38(35,36)32-27-30-14-20(29)15-31-27/h3-15H,1-2H3,(H,30,31,32). The summed E-state index contributed by atoms with van der Waals surface area (Å²) in [5.41, 5.74) is 3.40. The van der Waals surface area contributed by atoms with Gasteiger partial charge in [0.15, 0.2) is 5.82 Å². The Kier molecular flexibility index (Phi) is 6.60. The Morgan fingerprint density at radius 3 is 2.37 bits per heavy atom. The molecule has 0 aliphatic heterocycles. The maximum Gasteiger partial charge on any atom is 0.264 e. The Hall–Kier alpha value is -4.28. The van der Waals surface area contributed by atoms with Gasteiger partial charge in [-0.3, -0.25) is 9.36 Å². The number of hydrogen-bond donors (Lipinski definition) is 1. The molecule has 0 aliphatic rings. The molecule has 5 rings (SSSR count). The summed E-state index contributed by atoms with van der Waals surface area (Å²) in [6, 6.07) is 18.4. The molecular weight excluding hydrogens is 531 g/mol. The normalized spacial score (nSPS) is 11.5. The lowest BCUT2D eigenvalue weighted by Crippen LogP contribution is -2.19. The summed E-state index contributed by atoms with van der Waals surface area (Å²) in [5.74, 6) is -0.503. The molecule has 0 atom stereocenters. The van der Waals surface area contributed by atoms with Gasteiger partial charge in [0, 0.05) is 16.5 Å². The summed E-state index contributed by atoms with van der Waals surface area (Å²) in [7, 11) is -2.57. The molecule has 0 saturated heterocycles. The Morgan fingerprint density at radius 2 is 1.66 bits per heavy atom. The van der Waals surface area contributed by atoms with Crippen LogP contribution in [0.25, 0.3) is 27.7 Å². The van der Waals surface area contributed by atoms with Gasteiger partial charge in [-0.05, 0) is 72.1 Å². The van der Waals surface area contributed by atoms with Crippen LogP contribution in [0.2, 0.25) is 5.02 Å². The molecular formula is C27H20ClFN4O4S. The van der Waals surface area contributed by atoms with Crippen molar-refractivity contribution in [2.75, 3.05) is 11.8 Å². The van der Waals surface area contributed by atoms with Crippen LogP contribution in [-0.2, 0) is 10.0 Å². The largest absolute Gasteiger partial charge is 0.495 e. The average molecular weight is 551 g/mol. The molecule has 38 heavy (non-hydrogen) atoms. The number of ether oxygens (including phenoxy) is 1. The van der Waals surface area contributed by atoms with E-state index in [4.69, 9.17) is 16.3 Å². The van der Waals surface area contributed by atoms with Gasteiger partial charge in [-0.1, -0.05) is 23.7 Å². The van der Waals surface area contributed by atoms with Crippen molar-refractivity contribution < 1.29 is 17.5 Å². The van der Waals surface area contributed by atoms with E-state index in [1.165, 1.54) is 35.9 Å². The number of rotatable bonds is 6. The summed E-state index contributed by atoms with van der Waals surface area (Å²) in [6.45, 7) is 1.92. The minimum atomic E-state index is -4.08. The highest BCUT2D eigenvalue weighted by Crippen LogP contribution is 2.32. The van der Waals surface area contributed by atoms with Crippen LogP contribution in [0.5, 0.6) is 5.75 Å². The number of hydrogen-bond acceptors (Lipinski definition) is 6. The third-order valence-corrected chi connectivity index (χ3v) is 7.68. The van der Waals surface area contributed by atoms with Crippen LogP contribution in [0, 0.1) is 12.7 Å². The molecule has 8 nitrogen and oxygen atoms in total. The molecule has 2 heterocycles. The molecule has 0 fully saturated rings. The Balaban J connectivity index is 1.58. The molecule has 192 valence electrons. The van der Waals surface area contributed by atoms with Crippen molar-refractivity contribution in [1.29, 1.82) is 0 Å². The van der Waals surface area contributed by atoms with E-state index in [1.54, 1.807) is 12.1 Å². The van der Waals surface area contributed by atoms with E-state index in [9.17, 15) is 17.6 Å². The first kappa shape index (κ1) is 25.4. The minimum Gasteiger partial charge on any atom is -0.495 e. The molecule has 11 heteroatoms. The van der Waals surface area contributed by atoms with Crippen molar-refractivity contribution >= 4 is 38.5 Å². The monoisotopic (exact) mass is 550 g/mol. The maximum atomic E-state index is 13.1. The van der Waals surface area contributed by atoms with Crippen molar-refractivity contribution in [3.05, 3.63) is 106 Å². The molecule has 0 bridgehead atoms. The minimum absolute atomic E-state index is 0.0801. The average Bonchev–Trinajstić information content (AvgIpc) is 2.91. The molecule has 0 spiro atoms. The number of sulfonamides is 1. The fraction of sp³-hybridized carbons (Fsp3) is 0.0741. The van der Waals surface area contributed by atoms with Crippen LogP contribution < -0.4 is 15.0 Å². The number of benzene rings is 3. The zero-order valence-corrected chi connectivity index (χ0v) is 21.7. The van der Waals surface area contributed by atoms with Gasteiger partial charge in [-0.15, -0.1) is 0 Å². The first-order valence-corrected chi connectivity index (χ1v) is 13.1. The number of anilines is 1. The van der Waals surface area contributed by atoms with Crippen LogP contribution in [0.4, 0.5) is 10.3 Å². The zero-order valence-electron chi connectivity index (χ0n) is 20.1. The van der Waals surface area contributed by atoms with Crippen LogP contribution in [-0.4, -0.2) is 30.1 Å². The number of fused-ring (bicyclic) bond motifs is 1. The second-order valence-electron chi connectivity index (χ2n) is 8.41. The van der Waals surface area contributed by atoms with Crippen LogP contribution in [0.3, 0.4) is 0 Å². The molecule has 0 aliphatic carbocycles. The summed E-state index contributed by atoms with van der Waals surface area (Å²) in [6.07, 6.45) is 1.72. The second-order valence-corrected chi connectivity index (χ2v) is 10.5. The van der Waals surface area contributed by atoms with Crippen LogP contribution >= 0.6 is 11.6 Å². The van der Waals surface area contributed by atoms with Crippen molar-refractivity contribution in [2.24, 2.45) is 0 Å². The molecule has 5 aromatic rings. The van der Waals surface area contributed by atoms with Gasteiger partial charge in [0.2, 0.25) is 5.95 Å². The van der Waals surface area contributed by atoms with Gasteiger partial charge >= 0.3 is 0 Å². The second kappa shape index (κ2) is 9.88. The fourth-order valence-corrected chi connectivity index (χ4v) is 5.16. The number of pyridine rings is 1. The van der Waals surface area contributed by atoms with Gasteiger partial charge < -0.3 is 4.74 Å². The Morgan fingerprint density at radius 1 is 0.947 bits per heavy atom. The van der Waals surface area contributed by atoms with Crippen molar-refractivity contribution in [2.45, 2.75) is 11.8 Å². The van der Waals surface area contributed by atoms with Gasteiger partial charge in [-0.2, -0.15) is 0 Å². The van der Waals surface area contributed by atoms with Crippen molar-refractivity contribution in [3.63, 3.8) is 0 Å². The van der Waals surface area contributed by atoms with Gasteiger partial charge in [-0.25, -0.2) is 27.5 Å².